The van der Waals surface area contributed by atoms with Crippen molar-refractivity contribution in [3.8, 4) is 0 Å². The first-order chi connectivity index (χ1) is 19.2. The van der Waals surface area contributed by atoms with Gasteiger partial charge in [0.1, 0.15) is 0 Å². The van der Waals surface area contributed by atoms with Gasteiger partial charge in [-0.15, -0.1) is 20.5 Å². The van der Waals surface area contributed by atoms with Gasteiger partial charge in [-0.05, 0) is 79.1 Å². The molecule has 6 rings (SSSR count). The lowest BCUT2D eigenvalue weighted by Crippen LogP contribution is -2.74. The van der Waals surface area contributed by atoms with Crippen molar-refractivity contribution in [1.29, 1.82) is 0 Å². The van der Waals surface area contributed by atoms with E-state index in [1.807, 2.05) is 75.0 Å². The maximum Gasteiger partial charge on any atom is 0.325 e. The number of hydrogen-bond acceptors (Lipinski definition) is 6. The molecule has 6 aliphatic rings. The van der Waals surface area contributed by atoms with E-state index in [1.54, 1.807) is 0 Å². The van der Waals surface area contributed by atoms with Gasteiger partial charge in [-0.3, -0.25) is 29.4 Å². The molecule has 6 aliphatic heterocycles. The Morgan fingerprint density at radius 1 is 0.476 bits per heavy atom. The summed E-state index contributed by atoms with van der Waals surface area (Å²) in [6.45, 7) is 26.3. The van der Waals surface area contributed by atoms with E-state index >= 15 is 0 Å². The average Bonchev–Trinajstić information content (AvgIpc) is 3.37. The van der Waals surface area contributed by atoms with E-state index in [4.69, 9.17) is 0 Å². The van der Waals surface area contributed by atoms with E-state index in [0.29, 0.717) is 26.7 Å². The van der Waals surface area contributed by atoms with Gasteiger partial charge in [0.25, 0.3) is 0 Å². The number of rotatable bonds is 2. The van der Waals surface area contributed by atoms with Crippen LogP contribution in [-0.4, -0.2) is 125 Å². The average molecular weight is 589 g/mol. The van der Waals surface area contributed by atoms with E-state index in [1.165, 1.54) is 10.1 Å². The van der Waals surface area contributed by atoms with E-state index in [-0.39, 0.29) is 60.1 Å². The Kier molecular flexibility index (Phi) is 6.46. The molecule has 4 atom stereocenters. The van der Waals surface area contributed by atoms with Crippen LogP contribution in [0.5, 0.6) is 0 Å². The van der Waals surface area contributed by atoms with Crippen LogP contribution in [0, 0.1) is 23.7 Å². The standard InChI is InChI=1S/C30H52N8O4/c1-17-21(18(2)28(7,8)37(41)27(17,5)6)31-13-33-23-24-35(25(33)39)15-32(16-36(24)26(40)34(23)14-31)22-19(3)29(9,10)38(42)30(11,12)20(22)4/h17-24H,13-16H2,1-12H3. The minimum atomic E-state index is -0.595. The Hall–Kier alpha value is -1.70. The van der Waals surface area contributed by atoms with Gasteiger partial charge in [-0.1, -0.05) is 27.7 Å². The molecule has 0 aliphatic carbocycles. The van der Waals surface area contributed by atoms with Gasteiger partial charge in [0.05, 0.1) is 26.7 Å². The van der Waals surface area contributed by atoms with Crippen LogP contribution in [0.15, 0.2) is 0 Å². The monoisotopic (exact) mass is 588 g/mol. The minimum Gasteiger partial charge on any atom is -0.287 e. The quantitative estimate of drug-likeness (QED) is 0.491. The molecule has 6 fully saturated rings. The van der Waals surface area contributed by atoms with Crippen molar-refractivity contribution in [2.45, 2.75) is 130 Å². The van der Waals surface area contributed by atoms with Crippen molar-refractivity contribution < 1.29 is 20.0 Å². The van der Waals surface area contributed by atoms with Crippen molar-refractivity contribution in [3.05, 3.63) is 0 Å². The largest absolute Gasteiger partial charge is 0.325 e. The number of hydrogen-bond donors (Lipinski definition) is 0. The molecule has 236 valence electrons. The Bertz CT molecular complexity index is 996. The highest BCUT2D eigenvalue weighted by molar-refractivity contribution is 5.86. The molecule has 6 heterocycles. The van der Waals surface area contributed by atoms with Crippen LogP contribution in [0.25, 0.3) is 0 Å². The summed E-state index contributed by atoms with van der Waals surface area (Å²) in [5, 5.41) is 29.3. The summed E-state index contributed by atoms with van der Waals surface area (Å²) in [6, 6.07) is -0.0681. The molecule has 0 aromatic heterocycles. The molecule has 6 saturated heterocycles. The van der Waals surface area contributed by atoms with Crippen LogP contribution >= 0.6 is 0 Å². The normalized spacial score (nSPS) is 40.8. The number of urea groups is 2. The Morgan fingerprint density at radius 3 is 0.905 bits per heavy atom. The molecule has 12 heteroatoms. The zero-order valence-electron chi connectivity index (χ0n) is 27.7. The predicted octanol–water partition coefficient (Wildman–Crippen LogP) is 3.29. The smallest absolute Gasteiger partial charge is 0.287 e. The van der Waals surface area contributed by atoms with Crippen LogP contribution in [0.1, 0.15) is 83.1 Å². The second-order valence-corrected chi connectivity index (χ2v) is 16.4. The second-order valence-electron chi connectivity index (χ2n) is 16.4. The summed E-state index contributed by atoms with van der Waals surface area (Å²) in [6.07, 6.45) is -0.637. The molecule has 0 aromatic rings. The van der Waals surface area contributed by atoms with Gasteiger partial charge < -0.3 is 0 Å². The van der Waals surface area contributed by atoms with Crippen molar-refractivity contribution >= 4 is 12.1 Å². The lowest BCUT2D eigenvalue weighted by molar-refractivity contribution is -0.326. The van der Waals surface area contributed by atoms with Gasteiger partial charge in [0.15, 0.2) is 12.3 Å². The van der Waals surface area contributed by atoms with E-state index in [2.05, 4.69) is 37.5 Å². The molecule has 0 N–H and O–H groups in total. The Balaban J connectivity index is 1.30. The molecule has 0 saturated carbocycles. The molecule has 0 spiro atoms. The SMILES string of the molecule is CC1C(N2CN3C(=O)N4CN(C5C(C)C(C)(C)N([O])C(C)(C)C5C)CN5C(=O)N(C2)C3C45)C(C)C(C)(C)N([O])C1(C)C. The second kappa shape index (κ2) is 8.94. The molecule has 0 bridgehead atoms. The summed E-state index contributed by atoms with van der Waals surface area (Å²) >= 11 is 0. The number of nitrogens with zero attached hydrogens (tertiary/aromatic N) is 8. The summed E-state index contributed by atoms with van der Waals surface area (Å²) in [7, 11) is 0. The van der Waals surface area contributed by atoms with Gasteiger partial charge in [-0.2, -0.15) is 0 Å². The third kappa shape index (κ3) is 3.56. The fourth-order valence-corrected chi connectivity index (χ4v) is 9.62. The number of hydroxylamine groups is 4. The summed E-state index contributed by atoms with van der Waals surface area (Å²) in [4.78, 5) is 40.3. The third-order valence-corrected chi connectivity index (χ3v) is 13.3. The Morgan fingerprint density at radius 2 is 0.690 bits per heavy atom. The Labute approximate surface area is 251 Å². The van der Waals surface area contributed by atoms with Crippen molar-refractivity contribution in [1.82, 2.24) is 39.5 Å². The van der Waals surface area contributed by atoms with E-state index in [9.17, 15) is 20.0 Å². The van der Waals surface area contributed by atoms with Crippen LogP contribution in [0.2, 0.25) is 0 Å². The zero-order chi connectivity index (χ0) is 31.2. The summed E-state index contributed by atoms with van der Waals surface area (Å²) < 4.78 is 0. The van der Waals surface area contributed by atoms with Gasteiger partial charge >= 0.3 is 12.1 Å². The fourth-order valence-electron chi connectivity index (χ4n) is 9.62. The summed E-state index contributed by atoms with van der Waals surface area (Å²) in [5.41, 5.74) is -2.38. The summed E-state index contributed by atoms with van der Waals surface area (Å²) in [5.74, 6) is 0.104. The fraction of sp³-hybridized carbons (Fsp3) is 0.933. The number of amides is 4. The molecule has 4 unspecified atom stereocenters. The molecular formula is C30H52N8O4. The van der Waals surface area contributed by atoms with Gasteiger partial charge in [0.2, 0.25) is 0 Å². The van der Waals surface area contributed by atoms with E-state index in [0.717, 1.165) is 0 Å². The number of carbonyl (C=O) groups is 2. The highest BCUT2D eigenvalue weighted by atomic mass is 16.5. The third-order valence-electron chi connectivity index (χ3n) is 13.3. The van der Waals surface area contributed by atoms with Gasteiger partial charge in [0, 0.05) is 34.2 Å². The molecule has 42 heavy (non-hydrogen) atoms. The first-order valence-corrected chi connectivity index (χ1v) is 15.8. The van der Waals surface area contributed by atoms with Crippen LogP contribution in [-0.2, 0) is 10.4 Å². The van der Waals surface area contributed by atoms with Crippen LogP contribution < -0.4 is 0 Å². The number of carbonyl (C=O) groups excluding carboxylic acids is 2. The first-order valence-electron chi connectivity index (χ1n) is 15.8. The highest BCUT2D eigenvalue weighted by Gasteiger charge is 2.67. The van der Waals surface area contributed by atoms with E-state index < -0.39 is 22.2 Å². The van der Waals surface area contributed by atoms with Crippen LogP contribution in [0.4, 0.5) is 9.59 Å². The predicted molar refractivity (Wildman–Crippen MR) is 154 cm³/mol. The lowest BCUT2D eigenvalue weighted by Gasteiger charge is -2.61. The number of piperidine rings is 2. The van der Waals surface area contributed by atoms with Crippen molar-refractivity contribution in [2.24, 2.45) is 23.7 Å². The van der Waals surface area contributed by atoms with Crippen LogP contribution in [0.3, 0.4) is 0 Å². The zero-order valence-corrected chi connectivity index (χ0v) is 27.7. The topological polar surface area (TPSA) is 99.9 Å². The first kappa shape index (κ1) is 30.3. The molecule has 0 aromatic carbocycles. The molecule has 4 amide bonds. The minimum absolute atomic E-state index is 0.0196. The van der Waals surface area contributed by atoms with Crippen molar-refractivity contribution in [3.63, 3.8) is 0 Å². The maximum absolute atomic E-state index is 14.2. The maximum atomic E-state index is 14.2. The lowest BCUT2D eigenvalue weighted by atomic mass is 9.65. The molecule has 12 nitrogen and oxygen atoms in total. The van der Waals surface area contributed by atoms with Gasteiger partial charge in [-0.25, -0.2) is 9.59 Å². The molecule has 2 radical (unpaired) electrons. The molecular weight excluding hydrogens is 536 g/mol. The highest BCUT2D eigenvalue weighted by Crippen LogP contribution is 2.50. The van der Waals surface area contributed by atoms with Crippen molar-refractivity contribution in [2.75, 3.05) is 26.7 Å².